The Balaban J connectivity index is 1.05. The molecule has 5 aromatic rings. The van der Waals surface area contributed by atoms with Gasteiger partial charge in [0.05, 0.1) is 47.6 Å². The van der Waals surface area contributed by atoms with Crippen LogP contribution >= 0.6 is 11.3 Å². The summed E-state index contributed by atoms with van der Waals surface area (Å²) in [4.78, 5) is 68.6. The van der Waals surface area contributed by atoms with E-state index in [1.165, 1.54) is 23.5 Å². The number of anilines is 1. The van der Waals surface area contributed by atoms with Crippen molar-refractivity contribution >= 4 is 52.0 Å². The maximum Gasteiger partial charge on any atom is 0.410 e. The van der Waals surface area contributed by atoms with E-state index in [9.17, 15) is 24.3 Å². The molecule has 2 saturated carbocycles. The summed E-state index contributed by atoms with van der Waals surface area (Å²) in [5.41, 5.74) is 9.34. The molecule has 0 unspecified atom stereocenters. The highest BCUT2D eigenvalue weighted by Gasteiger charge is 2.60. The lowest BCUT2D eigenvalue weighted by Gasteiger charge is -2.53. The number of piperazine rings is 1. The van der Waals surface area contributed by atoms with Crippen molar-refractivity contribution < 1.29 is 43.2 Å². The van der Waals surface area contributed by atoms with Crippen molar-refractivity contribution in [3.63, 3.8) is 0 Å². The van der Waals surface area contributed by atoms with Crippen LogP contribution in [0.2, 0.25) is 0 Å². The second kappa shape index (κ2) is 20.7. The topological polar surface area (TPSA) is 190 Å². The standard InChI is InChI=1S/C55H70N8O9S/c1-10-62-43-17-16-35(42-31-73-50(57-42)55(18-19-55)47(58-51(67)72-53(3,4)5)48(65)63-37-24-36(25-37)45(59-63)49(66)70-9)26-39(43)41(28-54(6,7)32-64)46(62)40-27-38(29-56-44(40)33(2)69-8)60-20-22-61(23-21-60)52(68)71-30-34-14-12-11-13-15-34/h11-17,26-27,29,31,33,36-37,45,47,59,64H,10,18-25,28,30,32H2,1-9H3,(H,58,67)/t33-,36?,37?,45-,47-/m0/s1. The minimum atomic E-state index is -1.02. The first-order valence-electron chi connectivity index (χ1n) is 25.5. The number of rotatable bonds is 16. The van der Waals surface area contributed by atoms with Crippen molar-refractivity contribution in [2.75, 3.05) is 51.9 Å². The van der Waals surface area contributed by atoms with Gasteiger partial charge >= 0.3 is 18.2 Å². The third-order valence-electron chi connectivity index (χ3n) is 15.0. The zero-order valence-electron chi connectivity index (χ0n) is 43.5. The number of nitrogens with one attached hydrogen (secondary N) is 2. The molecule has 3 aliphatic heterocycles. The number of hydrogen-bond acceptors (Lipinski definition) is 14. The van der Waals surface area contributed by atoms with Gasteiger partial charge in [0.1, 0.15) is 29.3 Å². The van der Waals surface area contributed by atoms with Gasteiger partial charge in [0.15, 0.2) is 0 Å². The molecule has 3 amide bonds. The van der Waals surface area contributed by atoms with Gasteiger partial charge in [0.2, 0.25) is 0 Å². The van der Waals surface area contributed by atoms with E-state index in [2.05, 4.69) is 65.2 Å². The van der Waals surface area contributed by atoms with Crippen molar-refractivity contribution in [3.05, 3.63) is 88.0 Å². The van der Waals surface area contributed by atoms with Crippen molar-refractivity contribution in [1.29, 1.82) is 0 Å². The molecule has 18 heteroatoms. The molecule has 5 aliphatic rings. The van der Waals surface area contributed by atoms with Crippen LogP contribution in [0.4, 0.5) is 15.3 Å². The number of pyridine rings is 1. The molecule has 3 atom stereocenters. The third kappa shape index (κ3) is 10.5. The fourth-order valence-electron chi connectivity index (χ4n) is 10.6. The quantitative estimate of drug-likeness (QED) is 0.0635. The molecule has 5 fully saturated rings. The predicted octanol–water partition coefficient (Wildman–Crippen LogP) is 8.17. The SMILES string of the molecule is CCn1c(-c2cc(N3CCN(C(=O)OCc4ccccc4)CC3)cnc2[C@H](C)OC)c(CC(C)(C)CO)c2cc(-c3csc(C4([C@@H](NC(=O)OC(C)(C)C)C(=O)N5N[C@H](C(=O)OC)C6CC5C6)CC4)n3)ccc21. The highest BCUT2D eigenvalue weighted by atomic mass is 32.1. The summed E-state index contributed by atoms with van der Waals surface area (Å²) in [6.45, 7) is 16.6. The number of alkyl carbamates (subject to hydrolysis) is 1. The van der Waals surface area contributed by atoms with E-state index in [0.717, 1.165) is 60.9 Å². The fourth-order valence-corrected chi connectivity index (χ4v) is 11.8. The summed E-state index contributed by atoms with van der Waals surface area (Å²) < 4.78 is 24.8. The Bertz CT molecular complexity index is 2840. The minimum absolute atomic E-state index is 0.0328. The number of methoxy groups -OCH3 is 2. The van der Waals surface area contributed by atoms with Crippen LogP contribution < -0.4 is 15.6 Å². The minimum Gasteiger partial charge on any atom is -0.468 e. The van der Waals surface area contributed by atoms with Crippen molar-refractivity contribution in [3.8, 4) is 22.5 Å². The van der Waals surface area contributed by atoms with E-state index in [-0.39, 0.29) is 43.3 Å². The number of nitrogens with zero attached hydrogens (tertiary/aromatic N) is 6. The maximum absolute atomic E-state index is 14.8. The zero-order valence-corrected chi connectivity index (χ0v) is 44.3. The second-order valence-electron chi connectivity index (χ2n) is 21.8. The van der Waals surface area contributed by atoms with Crippen LogP contribution in [0.15, 0.2) is 66.2 Å². The van der Waals surface area contributed by atoms with Gasteiger partial charge in [0.25, 0.3) is 5.91 Å². The molecule has 390 valence electrons. The van der Waals surface area contributed by atoms with Gasteiger partial charge in [-0.3, -0.25) is 19.6 Å². The summed E-state index contributed by atoms with van der Waals surface area (Å²) in [6.07, 6.45) is 3.62. The third-order valence-corrected chi connectivity index (χ3v) is 16.1. The van der Waals surface area contributed by atoms with E-state index < -0.39 is 40.6 Å². The monoisotopic (exact) mass is 1020 g/mol. The number of amides is 3. The smallest absolute Gasteiger partial charge is 0.410 e. The van der Waals surface area contributed by atoms with Gasteiger partial charge in [-0.15, -0.1) is 11.3 Å². The van der Waals surface area contributed by atoms with Gasteiger partial charge in [-0.2, -0.15) is 0 Å². The van der Waals surface area contributed by atoms with Crippen LogP contribution in [0.25, 0.3) is 33.4 Å². The number of ether oxygens (including phenoxy) is 4. The highest BCUT2D eigenvalue weighted by Crippen LogP contribution is 2.54. The van der Waals surface area contributed by atoms with Crippen LogP contribution in [0.5, 0.6) is 0 Å². The Morgan fingerprint density at radius 2 is 1.71 bits per heavy atom. The Kier molecular flexibility index (Phi) is 14.7. The van der Waals surface area contributed by atoms with Gasteiger partial charge in [-0.05, 0) is 107 Å². The molecule has 2 aromatic carbocycles. The molecule has 0 radical (unpaired) electrons. The average molecular weight is 1020 g/mol. The number of aryl methyl sites for hydroxylation is 1. The van der Waals surface area contributed by atoms with E-state index in [4.69, 9.17) is 28.9 Å². The second-order valence-corrected chi connectivity index (χ2v) is 22.7. The molecule has 6 heterocycles. The van der Waals surface area contributed by atoms with Gasteiger partial charge in [-0.25, -0.2) is 20.0 Å². The molecule has 0 spiro atoms. The Morgan fingerprint density at radius 3 is 2.36 bits per heavy atom. The van der Waals surface area contributed by atoms with Gasteiger partial charge in [-0.1, -0.05) is 50.2 Å². The number of benzene rings is 2. The highest BCUT2D eigenvalue weighted by molar-refractivity contribution is 7.10. The summed E-state index contributed by atoms with van der Waals surface area (Å²) in [5, 5.41) is 19.0. The Morgan fingerprint density at radius 1 is 0.986 bits per heavy atom. The lowest BCUT2D eigenvalue weighted by molar-refractivity contribution is -0.167. The average Bonchev–Trinajstić information content (AvgIpc) is 3.92. The number of carbonyl (C=O) groups is 4. The number of hydrogen-bond donors (Lipinski definition) is 3. The first kappa shape index (κ1) is 51.8. The number of hydrazine groups is 1. The summed E-state index contributed by atoms with van der Waals surface area (Å²) >= 11 is 1.46. The van der Waals surface area contributed by atoms with E-state index in [1.807, 2.05) is 48.8 Å². The molecule has 17 nitrogen and oxygen atoms in total. The molecule has 3 saturated heterocycles. The van der Waals surface area contributed by atoms with E-state index in [0.29, 0.717) is 64.8 Å². The molecule has 2 aliphatic carbocycles. The zero-order chi connectivity index (χ0) is 52.0. The number of aliphatic hydroxyl groups is 1. The first-order valence-corrected chi connectivity index (χ1v) is 26.4. The molecule has 73 heavy (non-hydrogen) atoms. The summed E-state index contributed by atoms with van der Waals surface area (Å²) in [6, 6.07) is 16.5. The van der Waals surface area contributed by atoms with Crippen molar-refractivity contribution in [1.82, 2.24) is 35.2 Å². The Labute approximate surface area is 431 Å². The van der Waals surface area contributed by atoms with Crippen LogP contribution in [0.1, 0.15) is 102 Å². The molecular formula is C55H70N8O9S. The number of aromatic nitrogens is 3. The van der Waals surface area contributed by atoms with Gasteiger partial charge < -0.3 is 43.7 Å². The fraction of sp³-hybridized carbons (Fsp3) is 0.527. The first-order chi connectivity index (χ1) is 34.9. The predicted molar refractivity (Wildman–Crippen MR) is 279 cm³/mol. The van der Waals surface area contributed by atoms with Crippen LogP contribution in [0.3, 0.4) is 0 Å². The van der Waals surface area contributed by atoms with Crippen LogP contribution in [0, 0.1) is 11.3 Å². The summed E-state index contributed by atoms with van der Waals surface area (Å²) in [5.74, 6) is -0.695. The number of esters is 1. The largest absolute Gasteiger partial charge is 0.468 e. The van der Waals surface area contributed by atoms with E-state index in [1.54, 1.807) is 32.8 Å². The molecular weight excluding hydrogens is 949 g/mol. The van der Waals surface area contributed by atoms with Crippen LogP contribution in [-0.4, -0.2) is 124 Å². The van der Waals surface area contributed by atoms with Crippen LogP contribution in [-0.2, 0) is 53.5 Å². The lowest BCUT2D eigenvalue weighted by atomic mass is 9.73. The molecule has 3 N–H and O–H groups in total. The maximum atomic E-state index is 14.8. The molecule has 3 aromatic heterocycles. The molecule has 10 rings (SSSR count). The summed E-state index contributed by atoms with van der Waals surface area (Å²) in [7, 11) is 3.03. The van der Waals surface area contributed by atoms with Crippen molar-refractivity contribution in [2.24, 2.45) is 11.3 Å². The molecule has 2 bridgehead atoms. The number of thiazole rings is 1. The normalized spacial score (nSPS) is 20.2. The lowest BCUT2D eigenvalue weighted by Crippen LogP contribution is -2.72. The number of carbonyl (C=O) groups excluding carboxylic acids is 4. The van der Waals surface area contributed by atoms with Gasteiger partial charge in [0, 0.05) is 79.9 Å². The number of fused-ring (bicyclic) bond motifs is 3. The van der Waals surface area contributed by atoms with E-state index >= 15 is 0 Å². The Hall–Kier alpha value is -6.08. The number of aliphatic hydroxyl groups excluding tert-OH is 1. The van der Waals surface area contributed by atoms with Crippen molar-refractivity contribution in [2.45, 2.75) is 129 Å².